The van der Waals surface area contributed by atoms with Gasteiger partial charge in [0.25, 0.3) is 0 Å². The van der Waals surface area contributed by atoms with Crippen LogP contribution in [0.3, 0.4) is 0 Å². The van der Waals surface area contributed by atoms with Gasteiger partial charge in [0.1, 0.15) is 5.60 Å². The first-order valence-corrected chi connectivity index (χ1v) is 7.85. The van der Waals surface area contributed by atoms with E-state index in [1.54, 1.807) is 4.90 Å². The Morgan fingerprint density at radius 2 is 2.00 bits per heavy atom. The number of amides is 1. The summed E-state index contributed by atoms with van der Waals surface area (Å²) < 4.78 is 5.38. The molecule has 0 spiro atoms. The predicted molar refractivity (Wildman–Crippen MR) is 90.7 cm³/mol. The van der Waals surface area contributed by atoms with Crippen LogP contribution in [0.5, 0.6) is 0 Å². The molecule has 0 atom stereocenters. The van der Waals surface area contributed by atoms with E-state index in [1.807, 2.05) is 52.0 Å². The van der Waals surface area contributed by atoms with Crippen LogP contribution >= 0.6 is 0 Å². The summed E-state index contributed by atoms with van der Waals surface area (Å²) >= 11 is 0. The lowest BCUT2D eigenvalue weighted by molar-refractivity contribution is 0.0258. The van der Waals surface area contributed by atoms with Gasteiger partial charge in [-0.3, -0.25) is 0 Å². The van der Waals surface area contributed by atoms with Gasteiger partial charge in [-0.15, -0.1) is 0 Å². The average Bonchev–Trinajstić information content (AvgIpc) is 2.42. The van der Waals surface area contributed by atoms with Crippen LogP contribution in [-0.2, 0) is 11.3 Å². The highest BCUT2D eigenvalue weighted by molar-refractivity contribution is 5.68. The fraction of sp³-hybridized carbons (Fsp3) is 0.588. The number of nitrogens with one attached hydrogen (secondary N) is 1. The van der Waals surface area contributed by atoms with Gasteiger partial charge in [-0.05, 0) is 52.3 Å². The summed E-state index contributed by atoms with van der Waals surface area (Å²) in [6.45, 7) is 10.5. The van der Waals surface area contributed by atoms with Crippen molar-refractivity contribution in [3.05, 3.63) is 29.8 Å². The second kappa shape index (κ2) is 8.63. The maximum absolute atomic E-state index is 12.0. The van der Waals surface area contributed by atoms with E-state index in [-0.39, 0.29) is 6.09 Å². The summed E-state index contributed by atoms with van der Waals surface area (Å²) in [5.41, 5.74) is 7.35. The van der Waals surface area contributed by atoms with E-state index in [1.165, 1.54) is 0 Å². The minimum atomic E-state index is -0.451. The lowest BCUT2D eigenvalue weighted by Gasteiger charge is -2.26. The third-order valence-corrected chi connectivity index (χ3v) is 3.19. The van der Waals surface area contributed by atoms with Crippen molar-refractivity contribution in [3.63, 3.8) is 0 Å². The summed E-state index contributed by atoms with van der Waals surface area (Å²) in [7, 11) is 0. The zero-order valence-electron chi connectivity index (χ0n) is 14.2. The Labute approximate surface area is 133 Å². The molecular weight excluding hydrogens is 278 g/mol. The molecule has 1 rings (SSSR count). The number of hydrogen-bond acceptors (Lipinski definition) is 4. The van der Waals surface area contributed by atoms with Crippen LogP contribution in [0.4, 0.5) is 10.5 Å². The van der Waals surface area contributed by atoms with Gasteiger partial charge in [-0.1, -0.05) is 18.2 Å². The van der Waals surface area contributed by atoms with Crippen molar-refractivity contribution in [1.82, 2.24) is 10.2 Å². The molecular formula is C17H29N3O2. The Kier molecular flexibility index (Phi) is 7.18. The van der Waals surface area contributed by atoms with Crippen molar-refractivity contribution in [2.75, 3.05) is 25.4 Å². The molecule has 0 bridgehead atoms. The fourth-order valence-electron chi connectivity index (χ4n) is 2.02. The summed E-state index contributed by atoms with van der Waals surface area (Å²) in [5, 5.41) is 3.35. The number of nitrogens with zero attached hydrogens (tertiary/aromatic N) is 1. The van der Waals surface area contributed by atoms with E-state index < -0.39 is 5.60 Å². The first-order chi connectivity index (χ1) is 10.3. The van der Waals surface area contributed by atoms with Gasteiger partial charge in [-0.2, -0.15) is 0 Å². The number of carbonyl (C=O) groups is 1. The minimum Gasteiger partial charge on any atom is -0.444 e. The quantitative estimate of drug-likeness (QED) is 0.600. The molecule has 0 saturated carbocycles. The lowest BCUT2D eigenvalue weighted by atomic mass is 10.2. The van der Waals surface area contributed by atoms with E-state index in [4.69, 9.17) is 10.5 Å². The normalized spacial score (nSPS) is 11.3. The van der Waals surface area contributed by atoms with Gasteiger partial charge in [0.2, 0.25) is 0 Å². The Balaban J connectivity index is 2.27. The molecule has 0 aliphatic rings. The molecule has 1 aromatic rings. The van der Waals surface area contributed by atoms with E-state index in [0.717, 1.165) is 30.8 Å². The summed E-state index contributed by atoms with van der Waals surface area (Å²) in [6.07, 6.45) is 0.627. The maximum atomic E-state index is 12.0. The predicted octanol–water partition coefficient (Wildman–Crippen LogP) is 3.01. The number of rotatable bonds is 7. The molecule has 5 heteroatoms. The molecule has 124 valence electrons. The second-order valence-corrected chi connectivity index (χ2v) is 6.29. The molecule has 0 radical (unpaired) electrons. The van der Waals surface area contributed by atoms with E-state index >= 15 is 0 Å². The van der Waals surface area contributed by atoms with Crippen LogP contribution in [0, 0.1) is 0 Å². The highest BCUT2D eigenvalue weighted by Crippen LogP contribution is 2.11. The molecule has 0 unspecified atom stereocenters. The number of ether oxygens (including phenoxy) is 1. The number of nitrogens with two attached hydrogens (primary N) is 1. The van der Waals surface area contributed by atoms with Gasteiger partial charge in [0.15, 0.2) is 0 Å². The average molecular weight is 307 g/mol. The molecule has 1 aromatic carbocycles. The molecule has 22 heavy (non-hydrogen) atoms. The van der Waals surface area contributed by atoms with Crippen LogP contribution < -0.4 is 11.1 Å². The SMILES string of the molecule is CCN(CCCNCc1ccccc1N)C(=O)OC(C)(C)C. The largest absolute Gasteiger partial charge is 0.444 e. The zero-order valence-corrected chi connectivity index (χ0v) is 14.2. The van der Waals surface area contributed by atoms with Crippen molar-refractivity contribution in [2.24, 2.45) is 0 Å². The highest BCUT2D eigenvalue weighted by Gasteiger charge is 2.20. The second-order valence-electron chi connectivity index (χ2n) is 6.29. The Morgan fingerprint density at radius 1 is 1.32 bits per heavy atom. The molecule has 0 aliphatic carbocycles. The monoisotopic (exact) mass is 307 g/mol. The van der Waals surface area contributed by atoms with E-state index in [0.29, 0.717) is 13.1 Å². The van der Waals surface area contributed by atoms with Gasteiger partial charge in [-0.25, -0.2) is 4.79 Å². The molecule has 0 aromatic heterocycles. The molecule has 0 aliphatic heterocycles. The minimum absolute atomic E-state index is 0.248. The maximum Gasteiger partial charge on any atom is 0.410 e. The zero-order chi connectivity index (χ0) is 16.6. The van der Waals surface area contributed by atoms with Gasteiger partial charge < -0.3 is 20.7 Å². The lowest BCUT2D eigenvalue weighted by Crippen LogP contribution is -2.38. The number of anilines is 1. The van der Waals surface area contributed by atoms with Gasteiger partial charge >= 0.3 is 6.09 Å². The third-order valence-electron chi connectivity index (χ3n) is 3.19. The van der Waals surface area contributed by atoms with Crippen molar-refractivity contribution in [2.45, 2.75) is 46.3 Å². The van der Waals surface area contributed by atoms with Crippen LogP contribution in [0.2, 0.25) is 0 Å². The van der Waals surface area contributed by atoms with Gasteiger partial charge in [0.05, 0.1) is 0 Å². The smallest absolute Gasteiger partial charge is 0.410 e. The van der Waals surface area contributed by atoms with Crippen LogP contribution in [0.15, 0.2) is 24.3 Å². The van der Waals surface area contributed by atoms with Crippen LogP contribution in [0.25, 0.3) is 0 Å². The third kappa shape index (κ3) is 6.80. The van der Waals surface area contributed by atoms with Crippen molar-refractivity contribution in [1.29, 1.82) is 0 Å². The van der Waals surface area contributed by atoms with Gasteiger partial charge in [0, 0.05) is 25.3 Å². The Hall–Kier alpha value is -1.75. The number of nitrogen functional groups attached to an aromatic ring is 1. The molecule has 0 fully saturated rings. The first-order valence-electron chi connectivity index (χ1n) is 7.85. The summed E-state index contributed by atoms with van der Waals surface area (Å²) in [4.78, 5) is 13.7. The molecule has 5 nitrogen and oxygen atoms in total. The summed E-state index contributed by atoms with van der Waals surface area (Å²) in [5.74, 6) is 0. The van der Waals surface area contributed by atoms with E-state index in [9.17, 15) is 4.79 Å². The first kappa shape index (κ1) is 18.3. The number of carbonyl (C=O) groups excluding carboxylic acids is 1. The number of para-hydroxylation sites is 1. The topological polar surface area (TPSA) is 67.6 Å². The Morgan fingerprint density at radius 3 is 2.59 bits per heavy atom. The van der Waals surface area contributed by atoms with E-state index in [2.05, 4.69) is 5.32 Å². The molecule has 1 amide bonds. The van der Waals surface area contributed by atoms with Crippen LogP contribution in [-0.4, -0.2) is 36.2 Å². The Bertz CT molecular complexity index is 469. The van der Waals surface area contributed by atoms with Crippen LogP contribution in [0.1, 0.15) is 39.7 Å². The molecule has 3 N–H and O–H groups in total. The fourth-order valence-corrected chi connectivity index (χ4v) is 2.02. The molecule has 0 heterocycles. The van der Waals surface area contributed by atoms with Crippen molar-refractivity contribution in [3.8, 4) is 0 Å². The molecule has 0 saturated heterocycles. The van der Waals surface area contributed by atoms with Crippen molar-refractivity contribution < 1.29 is 9.53 Å². The standard InChI is InChI=1S/C17H29N3O2/c1-5-20(16(21)22-17(2,3)4)12-8-11-19-13-14-9-6-7-10-15(14)18/h6-7,9-10,19H,5,8,11-13,18H2,1-4H3. The number of benzene rings is 1. The highest BCUT2D eigenvalue weighted by atomic mass is 16.6. The van der Waals surface area contributed by atoms with Crippen molar-refractivity contribution >= 4 is 11.8 Å². The number of hydrogen-bond donors (Lipinski definition) is 2. The summed E-state index contributed by atoms with van der Waals surface area (Å²) in [6, 6.07) is 7.83.